The van der Waals surface area contributed by atoms with Gasteiger partial charge in [-0.05, 0) is 167 Å². The first kappa shape index (κ1) is 83.2. The summed E-state index contributed by atoms with van der Waals surface area (Å²) in [5.74, 6) is -4.15. The molecule has 32 nitrogen and oxygen atoms in total. The van der Waals surface area contributed by atoms with E-state index in [9.17, 15) is 85.4 Å². The molecular weight excluding hydrogens is 1420 g/mol. The number of hydrogen-bond donors (Lipinski definition) is 15. The van der Waals surface area contributed by atoms with E-state index < -0.39 is 127 Å². The van der Waals surface area contributed by atoms with Crippen molar-refractivity contribution in [1.29, 1.82) is 0 Å². The third kappa shape index (κ3) is 27.7. The summed E-state index contributed by atoms with van der Waals surface area (Å²) in [6, 6.07) is 24.3. The van der Waals surface area contributed by atoms with Gasteiger partial charge in [0.2, 0.25) is 29.5 Å². The molecular formula is C67H89N11O21S4. The Kier molecular flexibility index (Phi) is 32.1. The fraction of sp³-hybridized carbons (Fsp3) is 0.418. The van der Waals surface area contributed by atoms with Gasteiger partial charge in [-0.1, -0.05) is 60.7 Å². The highest BCUT2D eigenvalue weighted by atomic mass is 32.2. The number of hydrogen-bond acceptors (Lipinski definition) is 21. The minimum atomic E-state index is -4.93. The minimum absolute atomic E-state index is 0.0144. The van der Waals surface area contributed by atoms with Crippen LogP contribution in [-0.2, 0) is 74.0 Å². The van der Waals surface area contributed by atoms with Crippen LogP contribution in [0.5, 0.6) is 11.5 Å². The van der Waals surface area contributed by atoms with Gasteiger partial charge in [0.25, 0.3) is 52.3 Å². The van der Waals surface area contributed by atoms with Gasteiger partial charge in [-0.2, -0.15) is 33.7 Å². The number of amides is 7. The van der Waals surface area contributed by atoms with E-state index in [-0.39, 0.29) is 102 Å². The fourth-order valence-electron chi connectivity index (χ4n) is 10.7. The van der Waals surface area contributed by atoms with Gasteiger partial charge in [0.05, 0.1) is 49.8 Å². The zero-order valence-electron chi connectivity index (χ0n) is 56.2. The molecule has 0 bridgehead atoms. The SMILES string of the molecule is N[C@@H](CCCCNC(=O)[C@H](CCCCNC(=O)COc1cc(S(=O)(=O)O)cc2cc(S(=O)(=O)O)ccc12)NC(=O)COc1cc(S(=O)(=O)O)cc2cc(S(=O)(=O)O)ccc12)C(=O)NCCCC[C@H](N)C(=O)NCCCC[C@H](N)C(=O)NCCCC[C@H](N)C(=O)NC(c1ccccc1)c1ccccc1. The molecule has 0 unspecified atom stereocenters. The van der Waals surface area contributed by atoms with Crippen molar-refractivity contribution in [3.8, 4) is 11.5 Å². The maximum atomic E-state index is 13.7. The second-order valence-corrected chi connectivity index (χ2v) is 30.1. The lowest BCUT2D eigenvalue weighted by Gasteiger charge is -2.22. The summed E-state index contributed by atoms with van der Waals surface area (Å²) in [6.07, 6.45) is 5.81. The third-order valence-electron chi connectivity index (χ3n) is 16.4. The van der Waals surface area contributed by atoms with Gasteiger partial charge in [0.1, 0.15) is 17.5 Å². The molecule has 0 radical (unpaired) electrons. The Morgan fingerprint density at radius 3 is 1.04 bits per heavy atom. The van der Waals surface area contributed by atoms with Crippen LogP contribution in [0.15, 0.2) is 141 Å². The molecule has 0 aliphatic rings. The van der Waals surface area contributed by atoms with Crippen LogP contribution in [0.2, 0.25) is 0 Å². The van der Waals surface area contributed by atoms with E-state index in [1.807, 2.05) is 60.7 Å². The number of nitrogens with two attached hydrogens (primary N) is 4. The molecule has 0 saturated carbocycles. The summed E-state index contributed by atoms with van der Waals surface area (Å²) in [6.45, 7) is -0.537. The van der Waals surface area contributed by atoms with Gasteiger partial charge in [-0.25, -0.2) is 0 Å². The fourth-order valence-corrected chi connectivity index (χ4v) is 12.8. The van der Waals surface area contributed by atoms with Crippen LogP contribution < -0.4 is 69.6 Å². The van der Waals surface area contributed by atoms with Gasteiger partial charge < -0.3 is 69.6 Å². The number of nitrogens with one attached hydrogen (secondary N) is 7. The van der Waals surface area contributed by atoms with Gasteiger partial charge in [-0.15, -0.1) is 0 Å². The molecule has 0 aliphatic carbocycles. The van der Waals surface area contributed by atoms with Gasteiger partial charge in [0, 0.05) is 55.6 Å². The number of unbranched alkanes of at least 4 members (excludes halogenated alkanes) is 5. The summed E-state index contributed by atoms with van der Waals surface area (Å²) >= 11 is 0. The van der Waals surface area contributed by atoms with Crippen LogP contribution in [0.25, 0.3) is 21.5 Å². The summed E-state index contributed by atoms with van der Waals surface area (Å²) < 4.78 is 145. The second kappa shape index (κ2) is 39.7. The zero-order chi connectivity index (χ0) is 75.5. The van der Waals surface area contributed by atoms with Crippen molar-refractivity contribution in [1.82, 2.24) is 37.2 Å². The molecule has 36 heteroatoms. The van der Waals surface area contributed by atoms with Crippen molar-refractivity contribution >= 4 is 103 Å². The van der Waals surface area contributed by atoms with Gasteiger partial charge in [-0.3, -0.25) is 51.8 Å². The number of carbonyl (C=O) groups excluding carboxylic acids is 7. The predicted molar refractivity (Wildman–Crippen MR) is 379 cm³/mol. The Hall–Kier alpha value is -8.79. The molecule has 19 N–H and O–H groups in total. The van der Waals surface area contributed by atoms with Gasteiger partial charge >= 0.3 is 0 Å². The zero-order valence-corrected chi connectivity index (χ0v) is 59.5. The van der Waals surface area contributed by atoms with Crippen molar-refractivity contribution in [2.24, 2.45) is 22.9 Å². The first-order chi connectivity index (χ1) is 48.7. The molecule has 7 amide bonds. The first-order valence-corrected chi connectivity index (χ1v) is 38.9. The standard InChI is InChI=1S/C67H89N11O21S4/c68-53(63(81)73-31-12-8-22-54(69)64(82)75-33-14-10-24-56(71)66(84)78-62(43-17-3-1-4-18-43)44-19-5-2-6-20-44)21-7-13-32-74-65(83)55(70)23-9-15-34-76-67(85)57(77-61(80)42-99-59-40-50(103(95,96)97)38-46-36-48(101(89,90)91)27-29-52(46)59)25-11-16-30-72-60(79)41-98-58-39-49(102(92,93)94)37-45-35-47(100(86,87)88)26-28-51(45)58/h1-6,17-20,26-29,35-40,53-57,62H,7-16,21-25,30-34,41-42,68-71H2,(H,72,79)(H,73,81)(H,74,83)(H,75,82)(H,76,85)(H,77,80)(H,78,84)(H,86,87,88)(H,89,90,91)(H,92,93,94)(H,95,96,97)/t53-,54-,55-,56-,57-/m0/s1. The summed E-state index contributed by atoms with van der Waals surface area (Å²) in [5.41, 5.74) is 26.5. The highest BCUT2D eigenvalue weighted by Gasteiger charge is 2.26. The molecule has 0 aliphatic heterocycles. The molecule has 6 rings (SSSR count). The Balaban J connectivity index is 0.869. The number of carbonyl (C=O) groups is 7. The van der Waals surface area contributed by atoms with E-state index in [1.54, 1.807) is 0 Å². The average Bonchev–Trinajstić information content (AvgIpc) is 0.784. The Morgan fingerprint density at radius 2 is 0.670 bits per heavy atom. The average molecular weight is 1510 g/mol. The highest BCUT2D eigenvalue weighted by Crippen LogP contribution is 2.34. The molecule has 0 fully saturated rings. The topological polar surface area (TPSA) is 544 Å². The van der Waals surface area contributed by atoms with E-state index in [2.05, 4.69) is 37.2 Å². The lowest BCUT2D eigenvalue weighted by atomic mass is 9.98. The highest BCUT2D eigenvalue weighted by molar-refractivity contribution is 7.86. The monoisotopic (exact) mass is 1510 g/mol. The van der Waals surface area contributed by atoms with E-state index in [0.717, 1.165) is 65.7 Å². The van der Waals surface area contributed by atoms with Crippen LogP contribution in [0, 0.1) is 0 Å². The predicted octanol–water partition coefficient (Wildman–Crippen LogP) is 2.57. The Bertz CT molecular complexity index is 4340. The smallest absolute Gasteiger partial charge is 0.294 e. The normalized spacial score (nSPS) is 13.4. The lowest BCUT2D eigenvalue weighted by molar-refractivity contribution is -0.130. The van der Waals surface area contributed by atoms with Crippen LogP contribution >= 0.6 is 0 Å². The molecule has 0 spiro atoms. The minimum Gasteiger partial charge on any atom is -0.483 e. The van der Waals surface area contributed by atoms with E-state index in [1.165, 1.54) is 6.07 Å². The largest absolute Gasteiger partial charge is 0.483 e. The van der Waals surface area contributed by atoms with E-state index in [0.29, 0.717) is 83.7 Å². The number of ether oxygens (including phenoxy) is 2. The molecule has 103 heavy (non-hydrogen) atoms. The number of rotatable bonds is 44. The van der Waals surface area contributed by atoms with Crippen molar-refractivity contribution in [2.75, 3.05) is 45.9 Å². The number of fused-ring (bicyclic) bond motifs is 2. The van der Waals surface area contributed by atoms with Crippen LogP contribution in [0.3, 0.4) is 0 Å². The van der Waals surface area contributed by atoms with Gasteiger partial charge in [0.15, 0.2) is 13.2 Å². The maximum Gasteiger partial charge on any atom is 0.294 e. The lowest BCUT2D eigenvalue weighted by Crippen LogP contribution is -2.48. The second-order valence-electron chi connectivity index (χ2n) is 24.4. The molecule has 5 atom stereocenters. The quantitative estimate of drug-likeness (QED) is 0.0193. The van der Waals surface area contributed by atoms with Crippen molar-refractivity contribution in [3.05, 3.63) is 132 Å². The van der Waals surface area contributed by atoms with Crippen molar-refractivity contribution < 1.29 is 94.9 Å². The molecule has 6 aromatic carbocycles. The summed E-state index contributed by atoms with van der Waals surface area (Å²) in [4.78, 5) is 88.6. The molecule has 562 valence electrons. The van der Waals surface area contributed by atoms with Crippen LogP contribution in [-0.4, -0.2) is 169 Å². The van der Waals surface area contributed by atoms with E-state index >= 15 is 0 Å². The molecule has 0 saturated heterocycles. The first-order valence-electron chi connectivity index (χ1n) is 33.1. The third-order valence-corrected chi connectivity index (χ3v) is 19.7. The van der Waals surface area contributed by atoms with Crippen LogP contribution in [0.4, 0.5) is 0 Å². The molecule has 0 aromatic heterocycles. The van der Waals surface area contributed by atoms with Crippen molar-refractivity contribution in [2.45, 2.75) is 152 Å². The summed E-state index contributed by atoms with van der Waals surface area (Å²) in [5, 5.41) is 19.3. The van der Waals surface area contributed by atoms with Crippen LogP contribution in [0.1, 0.15) is 113 Å². The Morgan fingerprint density at radius 1 is 0.350 bits per heavy atom. The molecule has 0 heterocycles. The van der Waals surface area contributed by atoms with E-state index in [4.69, 9.17) is 32.4 Å². The number of benzene rings is 6. The summed E-state index contributed by atoms with van der Waals surface area (Å²) in [7, 11) is -19.3. The Labute approximate surface area is 597 Å². The maximum absolute atomic E-state index is 13.7. The molecule has 6 aromatic rings. The van der Waals surface area contributed by atoms with Crippen molar-refractivity contribution in [3.63, 3.8) is 0 Å².